The van der Waals surface area contributed by atoms with E-state index >= 15 is 0 Å². The van der Waals surface area contributed by atoms with Crippen molar-refractivity contribution in [3.63, 3.8) is 0 Å². The summed E-state index contributed by atoms with van der Waals surface area (Å²) >= 11 is 5.34. The Labute approximate surface area is 88.8 Å². The van der Waals surface area contributed by atoms with Crippen LogP contribution in [0.1, 0.15) is 24.1 Å². The van der Waals surface area contributed by atoms with Gasteiger partial charge in [-0.25, -0.2) is 4.39 Å². The fraction of sp³-hybridized carbons (Fsp3) is 0.333. The van der Waals surface area contributed by atoms with E-state index in [0.29, 0.717) is 12.1 Å². The molecule has 0 aliphatic carbocycles. The Kier molecular flexibility index (Phi) is 3.25. The Bertz CT molecular complexity index is 373. The lowest BCUT2D eigenvalue weighted by Crippen LogP contribution is -2.12. The molecule has 1 aromatic rings. The first-order valence-corrected chi connectivity index (χ1v) is 4.43. The van der Waals surface area contributed by atoms with Crippen LogP contribution in [-0.4, -0.2) is 0 Å². The summed E-state index contributed by atoms with van der Waals surface area (Å²) in [5.41, 5.74) is 4.09. The van der Waals surface area contributed by atoms with Crippen LogP contribution in [0, 0.1) is 5.82 Å². The molecule has 0 bridgehead atoms. The van der Waals surface area contributed by atoms with Gasteiger partial charge >= 0.3 is 6.18 Å². The van der Waals surface area contributed by atoms with Gasteiger partial charge in [-0.3, -0.25) is 0 Å². The second kappa shape index (κ2) is 3.98. The molecule has 0 aliphatic rings. The van der Waals surface area contributed by atoms with Crippen molar-refractivity contribution in [3.8, 4) is 0 Å². The maximum Gasteiger partial charge on any atom is 0.416 e. The van der Waals surface area contributed by atoms with Crippen molar-refractivity contribution >= 4 is 11.6 Å². The van der Waals surface area contributed by atoms with E-state index in [1.54, 1.807) is 0 Å². The molecular weight excluding hydrogens is 234 g/mol. The lowest BCUT2D eigenvalue weighted by atomic mass is 10.0. The van der Waals surface area contributed by atoms with Crippen LogP contribution < -0.4 is 5.73 Å². The monoisotopic (exact) mass is 241 g/mol. The van der Waals surface area contributed by atoms with Gasteiger partial charge in [-0.15, -0.1) is 0 Å². The Morgan fingerprint density at radius 2 is 1.87 bits per heavy atom. The van der Waals surface area contributed by atoms with Crippen molar-refractivity contribution in [2.45, 2.75) is 19.1 Å². The smallest absolute Gasteiger partial charge is 0.324 e. The van der Waals surface area contributed by atoms with E-state index in [0.717, 1.165) is 0 Å². The quantitative estimate of drug-likeness (QED) is 0.748. The third-order valence-corrected chi connectivity index (χ3v) is 2.15. The molecule has 1 atom stereocenters. The summed E-state index contributed by atoms with van der Waals surface area (Å²) in [5.74, 6) is -0.903. The van der Waals surface area contributed by atoms with Crippen molar-refractivity contribution < 1.29 is 17.6 Å². The third kappa shape index (κ3) is 2.60. The highest BCUT2D eigenvalue weighted by Gasteiger charge is 2.32. The first kappa shape index (κ1) is 12.3. The van der Waals surface area contributed by atoms with Gasteiger partial charge in [-0.1, -0.05) is 11.6 Å². The summed E-state index contributed by atoms with van der Waals surface area (Å²) in [6, 6.07) is 0.374. The molecule has 0 radical (unpaired) electrons. The van der Waals surface area contributed by atoms with Gasteiger partial charge < -0.3 is 5.73 Å². The van der Waals surface area contributed by atoms with Gasteiger partial charge in [0.2, 0.25) is 0 Å². The molecule has 1 nitrogen and oxygen atoms in total. The van der Waals surface area contributed by atoms with Crippen LogP contribution in [0.3, 0.4) is 0 Å². The van der Waals surface area contributed by atoms with Gasteiger partial charge in [0.15, 0.2) is 0 Å². The largest absolute Gasteiger partial charge is 0.416 e. The molecule has 1 aromatic carbocycles. The van der Waals surface area contributed by atoms with Gasteiger partial charge in [-0.05, 0) is 19.1 Å². The highest BCUT2D eigenvalue weighted by molar-refractivity contribution is 6.30. The lowest BCUT2D eigenvalue weighted by molar-refractivity contribution is -0.137. The van der Waals surface area contributed by atoms with Crippen molar-refractivity contribution in [3.05, 3.63) is 34.1 Å². The summed E-state index contributed by atoms with van der Waals surface area (Å²) in [7, 11) is 0. The van der Waals surface area contributed by atoms with Gasteiger partial charge in [-0.2, -0.15) is 13.2 Å². The predicted molar refractivity (Wildman–Crippen MR) is 49.0 cm³/mol. The first-order chi connectivity index (χ1) is 6.73. The van der Waals surface area contributed by atoms with Crippen molar-refractivity contribution in [2.75, 3.05) is 0 Å². The third-order valence-electron chi connectivity index (χ3n) is 1.87. The molecule has 1 rings (SSSR count). The zero-order valence-corrected chi connectivity index (χ0v) is 8.46. The number of halogens is 5. The number of hydrogen-bond donors (Lipinski definition) is 1. The van der Waals surface area contributed by atoms with Gasteiger partial charge in [0.1, 0.15) is 5.82 Å². The molecule has 0 fully saturated rings. The molecule has 0 saturated heterocycles. The fourth-order valence-electron chi connectivity index (χ4n) is 1.11. The fourth-order valence-corrected chi connectivity index (χ4v) is 1.33. The van der Waals surface area contributed by atoms with Crippen LogP contribution in [0.25, 0.3) is 0 Å². The highest BCUT2D eigenvalue weighted by atomic mass is 35.5. The number of nitrogens with two attached hydrogens (primary N) is 1. The normalized spacial score (nSPS) is 14.1. The SMILES string of the molecule is CC(N)c1cc(C(F)(F)F)cc(Cl)c1F. The molecule has 2 N–H and O–H groups in total. The van der Waals surface area contributed by atoms with E-state index in [-0.39, 0.29) is 5.56 Å². The molecule has 0 aromatic heterocycles. The summed E-state index contributed by atoms with van der Waals surface area (Å²) in [5, 5.41) is -0.572. The summed E-state index contributed by atoms with van der Waals surface area (Å²) in [4.78, 5) is 0. The van der Waals surface area contributed by atoms with Crippen molar-refractivity contribution in [1.29, 1.82) is 0 Å². The minimum atomic E-state index is -4.55. The average molecular weight is 242 g/mol. The molecule has 0 spiro atoms. The van der Waals surface area contributed by atoms with E-state index in [4.69, 9.17) is 17.3 Å². The minimum Gasteiger partial charge on any atom is -0.324 e. The number of rotatable bonds is 1. The summed E-state index contributed by atoms with van der Waals surface area (Å²) in [6.07, 6.45) is -4.55. The standard InChI is InChI=1S/C9H8ClF4N/c1-4(15)6-2-5(9(12,13)14)3-7(10)8(6)11/h2-4H,15H2,1H3. The molecule has 6 heteroatoms. The van der Waals surface area contributed by atoms with Crippen LogP contribution in [0.5, 0.6) is 0 Å². The zero-order valence-electron chi connectivity index (χ0n) is 7.70. The van der Waals surface area contributed by atoms with Gasteiger partial charge in [0.25, 0.3) is 0 Å². The minimum absolute atomic E-state index is 0.241. The van der Waals surface area contributed by atoms with E-state index in [9.17, 15) is 17.6 Å². The zero-order chi connectivity index (χ0) is 11.8. The lowest BCUT2D eigenvalue weighted by Gasteiger charge is -2.13. The van der Waals surface area contributed by atoms with E-state index in [1.807, 2.05) is 0 Å². The van der Waals surface area contributed by atoms with Crippen LogP contribution in [0.2, 0.25) is 5.02 Å². The van der Waals surface area contributed by atoms with Crippen molar-refractivity contribution in [1.82, 2.24) is 0 Å². The predicted octanol–water partition coefficient (Wildman–Crippen LogP) is 3.52. The van der Waals surface area contributed by atoms with Crippen LogP contribution in [0.15, 0.2) is 12.1 Å². The Hall–Kier alpha value is -0.810. The molecule has 84 valence electrons. The number of hydrogen-bond acceptors (Lipinski definition) is 1. The molecule has 0 heterocycles. The second-order valence-electron chi connectivity index (χ2n) is 3.15. The van der Waals surface area contributed by atoms with Gasteiger partial charge in [0, 0.05) is 11.6 Å². The van der Waals surface area contributed by atoms with E-state index in [1.165, 1.54) is 6.92 Å². The molecular formula is C9H8ClF4N. The average Bonchev–Trinajstić information content (AvgIpc) is 2.06. The molecule has 1 unspecified atom stereocenters. The first-order valence-electron chi connectivity index (χ1n) is 4.05. The molecule has 15 heavy (non-hydrogen) atoms. The van der Waals surface area contributed by atoms with E-state index in [2.05, 4.69) is 0 Å². The highest BCUT2D eigenvalue weighted by Crippen LogP contribution is 2.34. The maximum absolute atomic E-state index is 13.2. The molecule has 0 aliphatic heterocycles. The number of alkyl halides is 3. The van der Waals surface area contributed by atoms with Crippen LogP contribution >= 0.6 is 11.6 Å². The molecule has 0 amide bonds. The Balaban J connectivity index is 3.36. The van der Waals surface area contributed by atoms with Crippen LogP contribution in [0.4, 0.5) is 17.6 Å². The summed E-state index contributed by atoms with van der Waals surface area (Å²) in [6.45, 7) is 1.38. The van der Waals surface area contributed by atoms with E-state index < -0.39 is 28.6 Å². The topological polar surface area (TPSA) is 26.0 Å². The van der Waals surface area contributed by atoms with Gasteiger partial charge in [0.05, 0.1) is 10.6 Å². The van der Waals surface area contributed by atoms with Crippen LogP contribution in [-0.2, 0) is 6.18 Å². The Morgan fingerprint density at radius 1 is 1.33 bits per heavy atom. The van der Waals surface area contributed by atoms with Crippen molar-refractivity contribution in [2.24, 2.45) is 5.73 Å². The molecule has 0 saturated carbocycles. The second-order valence-corrected chi connectivity index (χ2v) is 3.55. The maximum atomic E-state index is 13.2. The summed E-state index contributed by atoms with van der Waals surface area (Å²) < 4.78 is 50.2. The Morgan fingerprint density at radius 3 is 2.27 bits per heavy atom. The number of benzene rings is 1.